The van der Waals surface area contributed by atoms with Crippen molar-refractivity contribution in [3.05, 3.63) is 58.9 Å². The maximum Gasteiger partial charge on any atom is 0.255 e. The molecule has 1 fully saturated rings. The number of pyridine rings is 1. The Balaban J connectivity index is 1.51. The zero-order valence-electron chi connectivity index (χ0n) is 15.7. The maximum absolute atomic E-state index is 12.8. The summed E-state index contributed by atoms with van der Waals surface area (Å²) in [6, 6.07) is 9.89. The summed E-state index contributed by atoms with van der Waals surface area (Å²) in [6.45, 7) is 7.49. The van der Waals surface area contributed by atoms with Crippen LogP contribution in [-0.2, 0) is 11.3 Å². The summed E-state index contributed by atoms with van der Waals surface area (Å²) in [5, 5.41) is 4.24. The minimum Gasteiger partial charge on any atom is -0.378 e. The largest absolute Gasteiger partial charge is 0.378 e. The van der Waals surface area contributed by atoms with Crippen molar-refractivity contribution in [1.82, 2.24) is 15.3 Å². The number of nitrogens with zero attached hydrogens (tertiary/aromatic N) is 2. The number of morpholine rings is 1. The number of fused-ring (bicyclic) bond motifs is 1. The van der Waals surface area contributed by atoms with E-state index in [9.17, 15) is 4.79 Å². The molecule has 27 heavy (non-hydrogen) atoms. The van der Waals surface area contributed by atoms with Crippen LogP contribution < -0.4 is 10.2 Å². The Hall–Kier alpha value is -2.86. The number of amides is 1. The van der Waals surface area contributed by atoms with Gasteiger partial charge in [0.05, 0.1) is 18.8 Å². The maximum atomic E-state index is 12.8. The van der Waals surface area contributed by atoms with E-state index in [1.807, 2.05) is 12.1 Å². The first kappa shape index (κ1) is 17.5. The normalized spacial score (nSPS) is 14.5. The summed E-state index contributed by atoms with van der Waals surface area (Å²) in [5.41, 5.74) is 5.24. The number of aromatic amines is 1. The summed E-state index contributed by atoms with van der Waals surface area (Å²) >= 11 is 0. The van der Waals surface area contributed by atoms with Crippen LogP contribution in [-0.4, -0.2) is 42.2 Å². The van der Waals surface area contributed by atoms with Crippen molar-refractivity contribution in [3.63, 3.8) is 0 Å². The second-order valence-electron chi connectivity index (χ2n) is 6.91. The number of hydrogen-bond donors (Lipinski definition) is 2. The Morgan fingerprint density at radius 3 is 2.89 bits per heavy atom. The monoisotopic (exact) mass is 364 g/mol. The van der Waals surface area contributed by atoms with Crippen molar-refractivity contribution in [1.29, 1.82) is 0 Å². The quantitative estimate of drug-likeness (QED) is 0.747. The van der Waals surface area contributed by atoms with Gasteiger partial charge in [-0.25, -0.2) is 4.98 Å². The van der Waals surface area contributed by atoms with Gasteiger partial charge in [-0.05, 0) is 49.2 Å². The summed E-state index contributed by atoms with van der Waals surface area (Å²) in [7, 11) is 0. The number of nitrogens with one attached hydrogen (secondary N) is 2. The van der Waals surface area contributed by atoms with Crippen LogP contribution in [0.25, 0.3) is 10.9 Å². The van der Waals surface area contributed by atoms with E-state index in [2.05, 4.69) is 46.2 Å². The van der Waals surface area contributed by atoms with Gasteiger partial charge in [0, 0.05) is 42.4 Å². The Morgan fingerprint density at radius 2 is 2.07 bits per heavy atom. The molecule has 1 saturated heterocycles. The Bertz CT molecular complexity index is 973. The molecular weight excluding hydrogens is 340 g/mol. The number of rotatable bonds is 4. The van der Waals surface area contributed by atoms with Crippen molar-refractivity contribution < 1.29 is 9.53 Å². The van der Waals surface area contributed by atoms with Gasteiger partial charge < -0.3 is 19.9 Å². The molecule has 2 N–H and O–H groups in total. The SMILES string of the molecule is Cc1[nH]c2ccc(CNC(=O)c3cccnc3N3CCOCC3)cc2c1C. The van der Waals surface area contributed by atoms with Gasteiger partial charge in [-0.15, -0.1) is 0 Å². The molecule has 1 aliphatic rings. The van der Waals surface area contributed by atoms with E-state index in [-0.39, 0.29) is 5.91 Å². The topological polar surface area (TPSA) is 70.2 Å². The third kappa shape index (κ3) is 3.53. The zero-order valence-corrected chi connectivity index (χ0v) is 15.7. The van der Waals surface area contributed by atoms with Crippen LogP contribution in [0.4, 0.5) is 5.82 Å². The van der Waals surface area contributed by atoms with E-state index in [1.54, 1.807) is 12.3 Å². The van der Waals surface area contributed by atoms with Crippen LogP contribution in [0.3, 0.4) is 0 Å². The number of benzene rings is 1. The predicted octanol–water partition coefficient (Wildman–Crippen LogP) is 2.95. The standard InChI is InChI=1S/C21H24N4O2/c1-14-15(2)24-19-6-5-16(12-18(14)19)13-23-21(26)17-4-3-7-22-20(17)25-8-10-27-11-9-25/h3-7,12,24H,8-11,13H2,1-2H3,(H,23,26). The van der Waals surface area contributed by atoms with Gasteiger partial charge in [0.15, 0.2) is 0 Å². The summed E-state index contributed by atoms with van der Waals surface area (Å²) < 4.78 is 5.40. The van der Waals surface area contributed by atoms with Crippen LogP contribution in [0, 0.1) is 13.8 Å². The third-order valence-corrected chi connectivity index (χ3v) is 5.17. The second-order valence-corrected chi connectivity index (χ2v) is 6.91. The molecule has 1 aromatic carbocycles. The van der Waals surface area contributed by atoms with Crippen molar-refractivity contribution in [2.45, 2.75) is 20.4 Å². The average molecular weight is 364 g/mol. The Kier molecular flexibility index (Phi) is 4.81. The highest BCUT2D eigenvalue weighted by Gasteiger charge is 2.19. The van der Waals surface area contributed by atoms with E-state index in [1.165, 1.54) is 16.6 Å². The lowest BCUT2D eigenvalue weighted by molar-refractivity contribution is 0.0949. The highest BCUT2D eigenvalue weighted by atomic mass is 16.5. The molecule has 6 heteroatoms. The number of anilines is 1. The van der Waals surface area contributed by atoms with Gasteiger partial charge in [-0.1, -0.05) is 6.07 Å². The van der Waals surface area contributed by atoms with Gasteiger partial charge in [0.1, 0.15) is 5.82 Å². The van der Waals surface area contributed by atoms with Crippen LogP contribution in [0.1, 0.15) is 27.2 Å². The Morgan fingerprint density at radius 1 is 1.26 bits per heavy atom. The number of carbonyl (C=O) groups excluding carboxylic acids is 1. The summed E-state index contributed by atoms with van der Waals surface area (Å²) in [5.74, 6) is 0.623. The first-order valence-electron chi connectivity index (χ1n) is 9.27. The lowest BCUT2D eigenvalue weighted by Crippen LogP contribution is -2.38. The molecule has 1 amide bonds. The molecule has 4 rings (SSSR count). The van der Waals surface area contributed by atoms with E-state index >= 15 is 0 Å². The lowest BCUT2D eigenvalue weighted by atomic mass is 10.1. The number of aromatic nitrogens is 2. The smallest absolute Gasteiger partial charge is 0.255 e. The predicted molar refractivity (Wildman–Crippen MR) is 106 cm³/mol. The molecular formula is C21H24N4O2. The minimum atomic E-state index is -0.105. The van der Waals surface area contributed by atoms with Gasteiger partial charge in [0.25, 0.3) is 5.91 Å². The zero-order chi connectivity index (χ0) is 18.8. The molecule has 0 radical (unpaired) electrons. The van der Waals surface area contributed by atoms with E-state index in [0.29, 0.717) is 25.3 Å². The van der Waals surface area contributed by atoms with Gasteiger partial charge >= 0.3 is 0 Å². The highest BCUT2D eigenvalue weighted by Crippen LogP contribution is 2.23. The molecule has 1 aliphatic heterocycles. The van der Waals surface area contributed by atoms with Crippen molar-refractivity contribution in [2.24, 2.45) is 0 Å². The fourth-order valence-corrected chi connectivity index (χ4v) is 3.50. The Labute approximate surface area is 158 Å². The molecule has 0 aliphatic carbocycles. The average Bonchev–Trinajstić information content (AvgIpc) is 3.00. The third-order valence-electron chi connectivity index (χ3n) is 5.17. The molecule has 6 nitrogen and oxygen atoms in total. The van der Waals surface area contributed by atoms with Gasteiger partial charge in [-0.2, -0.15) is 0 Å². The van der Waals surface area contributed by atoms with E-state index in [0.717, 1.165) is 30.0 Å². The molecule has 0 atom stereocenters. The van der Waals surface area contributed by atoms with Crippen LogP contribution in [0.5, 0.6) is 0 Å². The number of aryl methyl sites for hydroxylation is 2. The van der Waals surface area contributed by atoms with Gasteiger partial charge in [0.2, 0.25) is 0 Å². The fourth-order valence-electron chi connectivity index (χ4n) is 3.50. The summed E-state index contributed by atoms with van der Waals surface area (Å²) in [6.07, 6.45) is 1.73. The van der Waals surface area contributed by atoms with Crippen molar-refractivity contribution in [3.8, 4) is 0 Å². The fraction of sp³-hybridized carbons (Fsp3) is 0.333. The van der Waals surface area contributed by atoms with Crippen LogP contribution in [0.2, 0.25) is 0 Å². The van der Waals surface area contributed by atoms with Crippen molar-refractivity contribution in [2.75, 3.05) is 31.2 Å². The van der Waals surface area contributed by atoms with Crippen LogP contribution in [0.15, 0.2) is 36.5 Å². The summed E-state index contributed by atoms with van der Waals surface area (Å²) in [4.78, 5) is 22.7. The second kappa shape index (κ2) is 7.40. The number of H-pyrrole nitrogens is 1. The molecule has 3 heterocycles. The number of ether oxygens (including phenoxy) is 1. The first-order valence-corrected chi connectivity index (χ1v) is 9.27. The molecule has 2 aromatic heterocycles. The highest BCUT2D eigenvalue weighted by molar-refractivity contribution is 5.99. The molecule has 0 saturated carbocycles. The number of carbonyl (C=O) groups is 1. The molecule has 140 valence electrons. The van der Waals surface area contributed by atoms with Crippen molar-refractivity contribution >= 4 is 22.6 Å². The minimum absolute atomic E-state index is 0.105. The molecule has 0 bridgehead atoms. The first-order chi connectivity index (χ1) is 13.1. The van der Waals surface area contributed by atoms with Gasteiger partial charge in [-0.3, -0.25) is 4.79 Å². The van der Waals surface area contributed by atoms with E-state index < -0.39 is 0 Å². The van der Waals surface area contributed by atoms with E-state index in [4.69, 9.17) is 4.74 Å². The lowest BCUT2D eigenvalue weighted by Gasteiger charge is -2.29. The van der Waals surface area contributed by atoms with Crippen LogP contribution >= 0.6 is 0 Å². The molecule has 0 unspecified atom stereocenters. The number of hydrogen-bond acceptors (Lipinski definition) is 4. The molecule has 0 spiro atoms. The molecule has 3 aromatic rings.